The number of benzene rings is 3. The van der Waals surface area contributed by atoms with Crippen molar-refractivity contribution in [2.24, 2.45) is 5.10 Å². The molecule has 3 aromatic rings. The molecule has 0 saturated heterocycles. The molecule has 7 nitrogen and oxygen atoms in total. The number of carbonyl (C=O) groups excluding carboxylic acids is 2. The molecule has 1 N–H and O–H groups in total. The number of carbonyl (C=O) groups is 2. The van der Waals surface area contributed by atoms with Gasteiger partial charge < -0.3 is 14.8 Å². The Labute approximate surface area is 198 Å². The van der Waals surface area contributed by atoms with Gasteiger partial charge in [0.25, 0.3) is 11.8 Å². The van der Waals surface area contributed by atoms with Gasteiger partial charge in [0.1, 0.15) is 0 Å². The van der Waals surface area contributed by atoms with E-state index in [1.54, 1.807) is 31.2 Å². The van der Waals surface area contributed by atoms with Crippen LogP contribution in [0.15, 0.2) is 83.5 Å². The molecule has 3 aromatic carbocycles. The van der Waals surface area contributed by atoms with Crippen molar-refractivity contribution in [3.05, 3.63) is 89.5 Å². The molecule has 1 aliphatic heterocycles. The van der Waals surface area contributed by atoms with Crippen LogP contribution >= 0.6 is 0 Å². The van der Waals surface area contributed by atoms with E-state index in [4.69, 9.17) is 9.47 Å². The summed E-state index contributed by atoms with van der Waals surface area (Å²) in [5, 5.41) is 8.58. The molecule has 0 aliphatic carbocycles. The van der Waals surface area contributed by atoms with Crippen LogP contribution in [0.25, 0.3) is 6.08 Å². The number of anilines is 2. The standard InChI is InChI=1S/C27H25N3O4/c1-18-9-12-21(13-10-18)28-26(31)17-34-24-14-11-20(16-25(24)33-3)15-23-19(2)29-30(27(23)32)22-7-5-4-6-8-22/h4-16H,17H2,1-3H3,(H,28,31)/b23-15+. The van der Waals surface area contributed by atoms with Gasteiger partial charge in [0.15, 0.2) is 18.1 Å². The van der Waals surface area contributed by atoms with Gasteiger partial charge in [-0.3, -0.25) is 9.59 Å². The van der Waals surface area contributed by atoms with Crippen LogP contribution in [0.1, 0.15) is 18.1 Å². The highest BCUT2D eigenvalue weighted by Crippen LogP contribution is 2.30. The molecule has 1 heterocycles. The van der Waals surface area contributed by atoms with E-state index < -0.39 is 0 Å². The molecule has 172 valence electrons. The third-order valence-corrected chi connectivity index (χ3v) is 5.26. The van der Waals surface area contributed by atoms with Crippen molar-refractivity contribution >= 4 is 35.0 Å². The Hall–Kier alpha value is -4.39. The van der Waals surface area contributed by atoms with Crippen LogP contribution in [0.4, 0.5) is 11.4 Å². The fourth-order valence-corrected chi connectivity index (χ4v) is 3.47. The fraction of sp³-hybridized carbons (Fsp3) is 0.148. The summed E-state index contributed by atoms with van der Waals surface area (Å²) < 4.78 is 11.1. The summed E-state index contributed by atoms with van der Waals surface area (Å²) in [5.41, 5.74) is 4.40. The van der Waals surface area contributed by atoms with E-state index in [0.717, 1.165) is 11.1 Å². The number of amides is 2. The van der Waals surface area contributed by atoms with E-state index in [1.165, 1.54) is 12.1 Å². The molecular weight excluding hydrogens is 430 g/mol. The zero-order chi connectivity index (χ0) is 24.1. The number of methoxy groups -OCH3 is 1. The second kappa shape index (κ2) is 10.0. The molecule has 0 aromatic heterocycles. The minimum absolute atomic E-state index is 0.166. The highest BCUT2D eigenvalue weighted by atomic mass is 16.5. The van der Waals surface area contributed by atoms with Crippen LogP contribution in [0.3, 0.4) is 0 Å². The monoisotopic (exact) mass is 455 g/mol. The summed E-state index contributed by atoms with van der Waals surface area (Å²) in [6.07, 6.45) is 1.76. The van der Waals surface area contributed by atoms with Crippen molar-refractivity contribution in [3.63, 3.8) is 0 Å². The van der Waals surface area contributed by atoms with E-state index in [9.17, 15) is 9.59 Å². The largest absolute Gasteiger partial charge is 0.493 e. The fourth-order valence-electron chi connectivity index (χ4n) is 3.47. The topological polar surface area (TPSA) is 80.2 Å². The molecule has 1 aliphatic rings. The number of para-hydroxylation sites is 1. The van der Waals surface area contributed by atoms with Gasteiger partial charge in [0, 0.05) is 5.69 Å². The van der Waals surface area contributed by atoms with E-state index in [2.05, 4.69) is 10.4 Å². The molecule has 0 spiro atoms. The quantitative estimate of drug-likeness (QED) is 0.518. The number of hydrogen-bond acceptors (Lipinski definition) is 5. The molecule has 4 rings (SSSR count). The number of ether oxygens (including phenoxy) is 2. The highest BCUT2D eigenvalue weighted by Gasteiger charge is 2.28. The lowest BCUT2D eigenvalue weighted by molar-refractivity contribution is -0.118. The Morgan fingerprint density at radius 1 is 1.00 bits per heavy atom. The molecule has 7 heteroatoms. The van der Waals surface area contributed by atoms with Crippen LogP contribution in [-0.2, 0) is 9.59 Å². The number of nitrogens with one attached hydrogen (secondary N) is 1. The molecule has 34 heavy (non-hydrogen) atoms. The molecule has 0 atom stereocenters. The molecule has 2 amide bonds. The van der Waals surface area contributed by atoms with Crippen molar-refractivity contribution in [3.8, 4) is 11.5 Å². The summed E-state index contributed by atoms with van der Waals surface area (Å²) in [7, 11) is 1.52. The maximum atomic E-state index is 12.9. The van der Waals surface area contributed by atoms with Crippen molar-refractivity contribution in [2.45, 2.75) is 13.8 Å². The lowest BCUT2D eigenvalue weighted by atomic mass is 10.1. The predicted octanol–water partition coefficient (Wildman–Crippen LogP) is 4.83. The van der Waals surface area contributed by atoms with E-state index >= 15 is 0 Å². The van der Waals surface area contributed by atoms with Crippen LogP contribution in [0, 0.1) is 6.92 Å². The lowest BCUT2D eigenvalue weighted by Gasteiger charge is -2.12. The van der Waals surface area contributed by atoms with Crippen LogP contribution < -0.4 is 19.8 Å². The number of aryl methyl sites for hydroxylation is 1. The first-order valence-electron chi connectivity index (χ1n) is 10.8. The van der Waals surface area contributed by atoms with Crippen LogP contribution in [0.2, 0.25) is 0 Å². The van der Waals surface area contributed by atoms with Gasteiger partial charge in [-0.05, 0) is 61.9 Å². The second-order valence-electron chi connectivity index (χ2n) is 7.81. The lowest BCUT2D eigenvalue weighted by Crippen LogP contribution is -2.21. The second-order valence-corrected chi connectivity index (χ2v) is 7.81. The number of hydrazone groups is 1. The van der Waals surface area contributed by atoms with Crippen molar-refractivity contribution in [2.75, 3.05) is 24.0 Å². The first-order chi connectivity index (χ1) is 16.4. The first kappa shape index (κ1) is 22.8. The number of hydrogen-bond donors (Lipinski definition) is 1. The van der Waals surface area contributed by atoms with Gasteiger partial charge >= 0.3 is 0 Å². The molecule has 0 radical (unpaired) electrons. The first-order valence-corrected chi connectivity index (χ1v) is 10.8. The van der Waals surface area contributed by atoms with Crippen molar-refractivity contribution in [1.29, 1.82) is 0 Å². The smallest absolute Gasteiger partial charge is 0.280 e. The summed E-state index contributed by atoms with van der Waals surface area (Å²) in [5.74, 6) is 0.410. The summed E-state index contributed by atoms with van der Waals surface area (Å²) >= 11 is 0. The Kier molecular flexibility index (Phi) is 6.73. The average molecular weight is 456 g/mol. The Balaban J connectivity index is 1.45. The zero-order valence-electron chi connectivity index (χ0n) is 19.2. The van der Waals surface area contributed by atoms with E-state index in [0.29, 0.717) is 34.2 Å². The van der Waals surface area contributed by atoms with Gasteiger partial charge in [-0.1, -0.05) is 42.0 Å². The SMILES string of the molecule is COc1cc(/C=C2/C(=O)N(c3ccccc3)N=C2C)ccc1OCC(=O)Nc1ccc(C)cc1. The maximum absolute atomic E-state index is 12.9. The molecule has 0 saturated carbocycles. The predicted molar refractivity (Wildman–Crippen MR) is 133 cm³/mol. The molecule has 0 fully saturated rings. The van der Waals surface area contributed by atoms with Crippen LogP contribution in [0.5, 0.6) is 11.5 Å². The van der Waals surface area contributed by atoms with E-state index in [-0.39, 0.29) is 18.4 Å². The molecule has 0 bridgehead atoms. The normalized spacial score (nSPS) is 14.2. The van der Waals surface area contributed by atoms with Gasteiger partial charge in [-0.2, -0.15) is 10.1 Å². The van der Waals surface area contributed by atoms with Gasteiger partial charge in [-0.25, -0.2) is 0 Å². The Bertz CT molecular complexity index is 1260. The third kappa shape index (κ3) is 5.15. The Morgan fingerprint density at radius 2 is 1.74 bits per heavy atom. The van der Waals surface area contributed by atoms with E-state index in [1.807, 2.05) is 61.5 Å². The van der Waals surface area contributed by atoms with Gasteiger partial charge in [0.05, 0.1) is 24.1 Å². The highest BCUT2D eigenvalue weighted by molar-refractivity contribution is 6.32. The number of rotatable bonds is 7. The van der Waals surface area contributed by atoms with Crippen molar-refractivity contribution in [1.82, 2.24) is 0 Å². The zero-order valence-corrected chi connectivity index (χ0v) is 19.2. The maximum Gasteiger partial charge on any atom is 0.280 e. The summed E-state index contributed by atoms with van der Waals surface area (Å²) in [6.45, 7) is 3.62. The minimum atomic E-state index is -0.276. The van der Waals surface area contributed by atoms with Crippen LogP contribution in [-0.4, -0.2) is 31.2 Å². The Morgan fingerprint density at radius 3 is 2.44 bits per heavy atom. The number of nitrogens with zero attached hydrogens (tertiary/aromatic N) is 2. The van der Waals surface area contributed by atoms with Crippen molar-refractivity contribution < 1.29 is 19.1 Å². The molecule has 0 unspecified atom stereocenters. The molecular formula is C27H25N3O4. The summed E-state index contributed by atoms with van der Waals surface area (Å²) in [4.78, 5) is 25.2. The van der Waals surface area contributed by atoms with Gasteiger partial charge in [0.2, 0.25) is 0 Å². The minimum Gasteiger partial charge on any atom is -0.493 e. The average Bonchev–Trinajstić information content (AvgIpc) is 3.13. The summed E-state index contributed by atoms with van der Waals surface area (Å²) in [6, 6.07) is 22.1. The van der Waals surface area contributed by atoms with Gasteiger partial charge in [-0.15, -0.1) is 0 Å². The third-order valence-electron chi connectivity index (χ3n) is 5.26.